The number of carbonyl (C=O) groups is 2. The van der Waals surface area contributed by atoms with Gasteiger partial charge in [0.25, 0.3) is 0 Å². The van der Waals surface area contributed by atoms with E-state index in [1.54, 1.807) is 26.8 Å². The van der Waals surface area contributed by atoms with Crippen molar-refractivity contribution in [3.8, 4) is 0 Å². The van der Waals surface area contributed by atoms with Gasteiger partial charge in [0.15, 0.2) is 0 Å². The Morgan fingerprint density at radius 2 is 1.58 bits per heavy atom. The van der Waals surface area contributed by atoms with E-state index in [4.69, 9.17) is 4.74 Å². The second-order valence-corrected chi connectivity index (χ2v) is 5.02. The number of carbonyl (C=O) groups excluding carboxylic acids is 2. The van der Waals surface area contributed by atoms with Crippen molar-refractivity contribution in [3.63, 3.8) is 0 Å². The van der Waals surface area contributed by atoms with E-state index in [0.29, 0.717) is 0 Å². The Morgan fingerprint density at radius 3 is 2.00 bits per heavy atom. The number of ether oxygens (including phenoxy) is 2. The first-order valence-corrected chi connectivity index (χ1v) is 5.78. The van der Waals surface area contributed by atoms with E-state index in [0.717, 1.165) is 7.11 Å². The van der Waals surface area contributed by atoms with Crippen molar-refractivity contribution < 1.29 is 23.5 Å². The third kappa shape index (κ3) is 3.30. The van der Waals surface area contributed by atoms with Gasteiger partial charge in [-0.3, -0.25) is 0 Å². The summed E-state index contributed by atoms with van der Waals surface area (Å²) in [5.74, 6) is -2.58. The van der Waals surface area contributed by atoms with E-state index in [9.17, 15) is 14.0 Å². The maximum atomic E-state index is 14.9. The second-order valence-electron chi connectivity index (χ2n) is 5.02. The SMILES string of the molecule is COC(=O)C(F)(C(=O)OC(C)(C)C)c1ccccc1. The summed E-state index contributed by atoms with van der Waals surface area (Å²) in [6.07, 6.45) is 0. The molecule has 0 fully saturated rings. The van der Waals surface area contributed by atoms with Gasteiger partial charge in [0.1, 0.15) is 5.60 Å². The molecule has 5 heteroatoms. The number of hydrogen-bond acceptors (Lipinski definition) is 4. The van der Waals surface area contributed by atoms with Crippen LogP contribution in [0.3, 0.4) is 0 Å². The van der Waals surface area contributed by atoms with E-state index in [1.165, 1.54) is 24.3 Å². The second kappa shape index (κ2) is 5.38. The zero-order valence-electron chi connectivity index (χ0n) is 11.4. The van der Waals surface area contributed by atoms with Crippen LogP contribution >= 0.6 is 0 Å². The number of benzene rings is 1. The minimum absolute atomic E-state index is 0.115. The molecule has 0 amide bonds. The molecular formula is C14H17FO4. The summed E-state index contributed by atoms with van der Waals surface area (Å²) in [6.45, 7) is 4.77. The third-order valence-electron chi connectivity index (χ3n) is 2.32. The molecule has 0 aliphatic rings. The van der Waals surface area contributed by atoms with Crippen LogP contribution in [0.5, 0.6) is 0 Å². The van der Waals surface area contributed by atoms with Gasteiger partial charge >= 0.3 is 17.6 Å². The lowest BCUT2D eigenvalue weighted by molar-refractivity contribution is -0.181. The van der Waals surface area contributed by atoms with Crippen molar-refractivity contribution in [1.29, 1.82) is 0 Å². The summed E-state index contributed by atoms with van der Waals surface area (Å²) < 4.78 is 24.2. The van der Waals surface area contributed by atoms with Gasteiger partial charge in [0.05, 0.1) is 7.11 Å². The predicted octanol–water partition coefficient (Wildman–Crippen LogP) is 2.37. The molecule has 104 valence electrons. The molecule has 1 aromatic rings. The summed E-state index contributed by atoms with van der Waals surface area (Å²) in [5, 5.41) is 0. The first kappa shape index (κ1) is 15.1. The van der Waals surface area contributed by atoms with Crippen LogP contribution in [0.25, 0.3) is 0 Å². The Bertz CT molecular complexity index is 464. The zero-order valence-corrected chi connectivity index (χ0v) is 11.4. The standard InChI is InChI=1S/C14H17FO4/c1-13(2,3)19-12(17)14(15,11(16)18-4)10-8-6-5-7-9-10/h5-9H,1-4H3. The molecule has 1 unspecified atom stereocenters. The molecule has 0 spiro atoms. The lowest BCUT2D eigenvalue weighted by Gasteiger charge is -2.26. The third-order valence-corrected chi connectivity index (χ3v) is 2.32. The highest BCUT2D eigenvalue weighted by molar-refractivity contribution is 6.04. The van der Waals surface area contributed by atoms with Gasteiger partial charge in [-0.05, 0) is 20.8 Å². The molecule has 0 aromatic heterocycles. The van der Waals surface area contributed by atoms with Gasteiger partial charge < -0.3 is 9.47 Å². The Morgan fingerprint density at radius 1 is 1.05 bits per heavy atom. The summed E-state index contributed by atoms with van der Waals surface area (Å²) in [4.78, 5) is 23.6. The lowest BCUT2D eigenvalue weighted by atomic mass is 9.95. The Kier molecular flexibility index (Phi) is 4.29. The van der Waals surface area contributed by atoms with Crippen molar-refractivity contribution in [3.05, 3.63) is 35.9 Å². The lowest BCUT2D eigenvalue weighted by Crippen LogP contribution is -2.44. The number of esters is 2. The first-order chi connectivity index (χ1) is 8.71. The van der Waals surface area contributed by atoms with E-state index < -0.39 is 23.2 Å². The molecule has 0 saturated heterocycles. The van der Waals surface area contributed by atoms with Crippen LogP contribution in [-0.2, 0) is 24.7 Å². The van der Waals surface area contributed by atoms with E-state index in [1.807, 2.05) is 0 Å². The van der Waals surface area contributed by atoms with Crippen LogP contribution in [0.4, 0.5) is 4.39 Å². The molecule has 1 aromatic carbocycles. The number of alkyl halides is 1. The van der Waals surface area contributed by atoms with Gasteiger partial charge in [-0.2, -0.15) is 0 Å². The van der Waals surface area contributed by atoms with Gasteiger partial charge in [-0.25, -0.2) is 14.0 Å². The summed E-state index contributed by atoms with van der Waals surface area (Å²) in [7, 11) is 1.02. The predicted molar refractivity (Wildman–Crippen MR) is 67.1 cm³/mol. The van der Waals surface area contributed by atoms with E-state index in [-0.39, 0.29) is 5.56 Å². The van der Waals surface area contributed by atoms with Gasteiger partial charge in [0.2, 0.25) is 0 Å². The summed E-state index contributed by atoms with van der Waals surface area (Å²) >= 11 is 0. The maximum Gasteiger partial charge on any atom is 0.361 e. The summed E-state index contributed by atoms with van der Waals surface area (Å²) in [6, 6.07) is 7.37. The van der Waals surface area contributed by atoms with Crippen LogP contribution in [0.2, 0.25) is 0 Å². The van der Waals surface area contributed by atoms with E-state index in [2.05, 4.69) is 4.74 Å². The molecule has 1 atom stereocenters. The highest BCUT2D eigenvalue weighted by atomic mass is 19.1. The van der Waals surface area contributed by atoms with Gasteiger partial charge in [-0.1, -0.05) is 30.3 Å². The smallest absolute Gasteiger partial charge is 0.361 e. The van der Waals surface area contributed by atoms with Crippen molar-refractivity contribution in [2.45, 2.75) is 32.0 Å². The fraction of sp³-hybridized carbons (Fsp3) is 0.429. The molecule has 0 aliphatic carbocycles. The van der Waals surface area contributed by atoms with E-state index >= 15 is 0 Å². The molecule has 0 aliphatic heterocycles. The summed E-state index contributed by atoms with van der Waals surface area (Å²) in [5.41, 5.74) is -3.98. The van der Waals surface area contributed by atoms with Crippen LogP contribution in [0, 0.1) is 0 Å². The molecule has 19 heavy (non-hydrogen) atoms. The molecule has 0 radical (unpaired) electrons. The number of halogens is 1. The first-order valence-electron chi connectivity index (χ1n) is 5.78. The maximum absolute atomic E-state index is 14.9. The molecule has 0 heterocycles. The number of hydrogen-bond donors (Lipinski definition) is 0. The molecule has 1 rings (SSSR count). The van der Waals surface area contributed by atoms with Gasteiger partial charge in [0, 0.05) is 5.56 Å². The Balaban J connectivity index is 3.22. The highest BCUT2D eigenvalue weighted by Crippen LogP contribution is 2.31. The fourth-order valence-electron chi connectivity index (χ4n) is 1.48. The molecule has 0 saturated carbocycles. The Labute approximate surface area is 111 Å². The normalized spacial score (nSPS) is 14.4. The molecule has 4 nitrogen and oxygen atoms in total. The van der Waals surface area contributed by atoms with Gasteiger partial charge in [-0.15, -0.1) is 0 Å². The van der Waals surface area contributed by atoms with Crippen LogP contribution in [0.15, 0.2) is 30.3 Å². The number of rotatable bonds is 3. The highest BCUT2D eigenvalue weighted by Gasteiger charge is 2.52. The van der Waals surface area contributed by atoms with Crippen LogP contribution < -0.4 is 0 Å². The largest absolute Gasteiger partial charge is 0.466 e. The van der Waals surface area contributed by atoms with Crippen molar-refractivity contribution in [2.24, 2.45) is 0 Å². The number of methoxy groups -OCH3 is 1. The molecule has 0 bridgehead atoms. The van der Waals surface area contributed by atoms with Crippen molar-refractivity contribution in [2.75, 3.05) is 7.11 Å². The molecule has 0 N–H and O–H groups in total. The average Bonchev–Trinajstić information content (AvgIpc) is 2.35. The minimum Gasteiger partial charge on any atom is -0.466 e. The van der Waals surface area contributed by atoms with Crippen molar-refractivity contribution in [1.82, 2.24) is 0 Å². The Hall–Kier alpha value is -1.91. The van der Waals surface area contributed by atoms with Crippen LogP contribution in [0.1, 0.15) is 26.3 Å². The van der Waals surface area contributed by atoms with Crippen LogP contribution in [-0.4, -0.2) is 24.6 Å². The molecular weight excluding hydrogens is 251 g/mol. The quantitative estimate of drug-likeness (QED) is 0.624. The fourth-order valence-corrected chi connectivity index (χ4v) is 1.48. The average molecular weight is 268 g/mol. The topological polar surface area (TPSA) is 52.6 Å². The minimum atomic E-state index is -2.96. The van der Waals surface area contributed by atoms with Crippen molar-refractivity contribution >= 4 is 11.9 Å². The zero-order chi connectivity index (χ0) is 14.7. The monoisotopic (exact) mass is 268 g/mol.